The first-order chi connectivity index (χ1) is 18.4. The number of hydrogen-bond donors (Lipinski definition) is 1. The molecule has 0 amide bonds. The average Bonchev–Trinajstić information content (AvgIpc) is 3.26. The first-order valence-electron chi connectivity index (χ1n) is 13.0. The van der Waals surface area contributed by atoms with E-state index >= 15 is 0 Å². The third kappa shape index (κ3) is 5.30. The molecule has 38 heavy (non-hydrogen) atoms. The van der Waals surface area contributed by atoms with E-state index in [1.807, 2.05) is 25.3 Å². The van der Waals surface area contributed by atoms with E-state index in [0.717, 1.165) is 62.4 Å². The number of aromatic nitrogens is 6. The maximum Gasteiger partial charge on any atom is 0.242 e. The van der Waals surface area contributed by atoms with Gasteiger partial charge in [0.2, 0.25) is 11.8 Å². The lowest BCUT2D eigenvalue weighted by Gasteiger charge is -2.33. The zero-order chi connectivity index (χ0) is 26.8. The number of fused-ring (bicyclic) bond motifs is 1. The Balaban J connectivity index is 1.37. The molecule has 0 saturated carbocycles. The molecule has 0 bridgehead atoms. The van der Waals surface area contributed by atoms with Crippen molar-refractivity contribution in [3.63, 3.8) is 0 Å². The summed E-state index contributed by atoms with van der Waals surface area (Å²) >= 11 is 0. The van der Waals surface area contributed by atoms with Crippen LogP contribution in [0.25, 0.3) is 22.4 Å². The highest BCUT2D eigenvalue weighted by molar-refractivity contribution is 5.85. The highest BCUT2D eigenvalue weighted by Crippen LogP contribution is 2.32. The van der Waals surface area contributed by atoms with Crippen LogP contribution in [0.1, 0.15) is 38.2 Å². The summed E-state index contributed by atoms with van der Waals surface area (Å²) < 4.78 is 22.5. The zero-order valence-electron chi connectivity index (χ0n) is 22.6. The number of imidazole rings is 1. The van der Waals surface area contributed by atoms with Crippen LogP contribution in [0, 0.1) is 12.7 Å². The second-order valence-electron chi connectivity index (χ2n) is 9.78. The van der Waals surface area contributed by atoms with Crippen LogP contribution >= 0.6 is 0 Å². The molecule has 0 atom stereocenters. The van der Waals surface area contributed by atoms with Crippen molar-refractivity contribution >= 4 is 22.8 Å². The Morgan fingerprint density at radius 2 is 1.79 bits per heavy atom. The molecular weight excluding hydrogens is 485 g/mol. The minimum atomic E-state index is -0.580. The number of rotatable bonds is 8. The van der Waals surface area contributed by atoms with Crippen molar-refractivity contribution in [1.82, 2.24) is 39.3 Å². The van der Waals surface area contributed by atoms with E-state index in [4.69, 9.17) is 4.74 Å². The average molecular weight is 520 g/mol. The van der Waals surface area contributed by atoms with Crippen molar-refractivity contribution in [2.45, 2.75) is 40.3 Å². The third-order valence-electron chi connectivity index (χ3n) is 6.90. The summed E-state index contributed by atoms with van der Waals surface area (Å²) in [4.78, 5) is 27.1. The molecule has 5 heterocycles. The Morgan fingerprint density at radius 3 is 2.45 bits per heavy atom. The van der Waals surface area contributed by atoms with Gasteiger partial charge in [0.1, 0.15) is 17.3 Å². The summed E-state index contributed by atoms with van der Waals surface area (Å²) in [6, 6.07) is 5.88. The van der Waals surface area contributed by atoms with Gasteiger partial charge >= 0.3 is 0 Å². The molecule has 0 spiro atoms. The fourth-order valence-corrected chi connectivity index (χ4v) is 4.93. The van der Waals surface area contributed by atoms with E-state index in [-0.39, 0.29) is 17.7 Å². The van der Waals surface area contributed by atoms with E-state index in [1.54, 1.807) is 6.07 Å². The van der Waals surface area contributed by atoms with Gasteiger partial charge in [-0.25, -0.2) is 29.3 Å². The minimum absolute atomic E-state index is 0.0692. The number of hydrogen-bond acceptors (Lipinski definition) is 9. The van der Waals surface area contributed by atoms with Crippen molar-refractivity contribution in [2.24, 2.45) is 0 Å². The topological polar surface area (TPSA) is 97.1 Å². The fraction of sp³-hybridized carbons (Fsp3) is 0.444. The van der Waals surface area contributed by atoms with Gasteiger partial charge in [-0.1, -0.05) is 13.0 Å². The van der Waals surface area contributed by atoms with Crippen molar-refractivity contribution < 1.29 is 9.13 Å². The van der Waals surface area contributed by atoms with Crippen molar-refractivity contribution in [2.75, 3.05) is 45.2 Å². The number of nitrogens with zero attached hydrogens (tertiary/aromatic N) is 8. The monoisotopic (exact) mass is 519 g/mol. The van der Waals surface area contributed by atoms with Gasteiger partial charge in [-0.3, -0.25) is 4.90 Å². The van der Waals surface area contributed by atoms with Gasteiger partial charge in [0.05, 0.1) is 24.5 Å². The van der Waals surface area contributed by atoms with Gasteiger partial charge in [0.15, 0.2) is 11.3 Å². The van der Waals surface area contributed by atoms with E-state index in [0.29, 0.717) is 22.9 Å². The summed E-state index contributed by atoms with van der Waals surface area (Å²) in [5.74, 6) is 1.38. The SMILES string of the molecule is CCN1CCN(Cc2ccc(Nc3ncc(F)c(-c4cc5c(nc(C)n5C(C)C)c(OC)n4)n3)nc2)CC1. The first kappa shape index (κ1) is 25.9. The molecule has 1 fully saturated rings. The lowest BCUT2D eigenvalue weighted by atomic mass is 10.2. The summed E-state index contributed by atoms with van der Waals surface area (Å²) in [6.07, 6.45) is 2.99. The molecule has 4 aromatic heterocycles. The third-order valence-corrected chi connectivity index (χ3v) is 6.90. The standard InChI is InChI=1S/C27H34FN9O/c1-6-35-9-11-36(12-10-35)16-19-7-8-23(29-14-19)33-27-30-15-20(28)24(34-27)21-13-22-25(26(32-21)38-5)31-18(4)37(22)17(2)3/h7-8,13-15,17H,6,9-12,16H2,1-5H3,(H,29,30,33,34). The second-order valence-corrected chi connectivity index (χ2v) is 9.78. The molecule has 0 aromatic carbocycles. The number of nitrogens with one attached hydrogen (secondary N) is 1. The Bertz CT molecular complexity index is 1410. The molecule has 1 saturated heterocycles. The van der Waals surface area contributed by atoms with Crippen molar-refractivity contribution in [3.8, 4) is 17.3 Å². The molecule has 0 unspecified atom stereocenters. The van der Waals surface area contributed by atoms with Crippen LogP contribution in [-0.4, -0.2) is 79.1 Å². The van der Waals surface area contributed by atoms with Gasteiger partial charge in [-0.2, -0.15) is 0 Å². The van der Waals surface area contributed by atoms with Crippen LogP contribution in [0.3, 0.4) is 0 Å². The maximum atomic E-state index is 14.9. The first-order valence-corrected chi connectivity index (χ1v) is 13.0. The quantitative estimate of drug-likeness (QED) is 0.367. The summed E-state index contributed by atoms with van der Waals surface area (Å²) in [7, 11) is 1.53. The van der Waals surface area contributed by atoms with Crippen LogP contribution < -0.4 is 10.1 Å². The van der Waals surface area contributed by atoms with Crippen LogP contribution in [0.5, 0.6) is 5.88 Å². The molecular formula is C27H34FN9O. The van der Waals surface area contributed by atoms with Gasteiger partial charge < -0.3 is 19.5 Å². The minimum Gasteiger partial charge on any atom is -0.479 e. The number of halogens is 1. The molecule has 4 aromatic rings. The molecule has 5 rings (SSSR count). The molecule has 200 valence electrons. The highest BCUT2D eigenvalue weighted by atomic mass is 19.1. The number of piperazine rings is 1. The van der Waals surface area contributed by atoms with Gasteiger partial charge in [0, 0.05) is 45.0 Å². The Kier molecular flexibility index (Phi) is 7.48. The molecule has 0 aliphatic carbocycles. The predicted octanol–water partition coefficient (Wildman–Crippen LogP) is 4.20. The largest absolute Gasteiger partial charge is 0.479 e. The maximum absolute atomic E-state index is 14.9. The Hall–Kier alpha value is -3.70. The van der Waals surface area contributed by atoms with E-state index in [9.17, 15) is 4.39 Å². The smallest absolute Gasteiger partial charge is 0.242 e. The number of ether oxygens (including phenoxy) is 1. The number of aryl methyl sites for hydroxylation is 1. The lowest BCUT2D eigenvalue weighted by molar-refractivity contribution is 0.132. The van der Waals surface area contributed by atoms with E-state index < -0.39 is 5.82 Å². The Labute approximate surface area is 221 Å². The van der Waals surface area contributed by atoms with Gasteiger partial charge in [0.25, 0.3) is 0 Å². The van der Waals surface area contributed by atoms with Crippen LogP contribution in [-0.2, 0) is 6.54 Å². The number of likely N-dealkylation sites (N-methyl/N-ethyl adjacent to an activating group) is 1. The lowest BCUT2D eigenvalue weighted by Crippen LogP contribution is -2.45. The molecule has 1 aliphatic rings. The van der Waals surface area contributed by atoms with E-state index in [2.05, 4.69) is 65.4 Å². The fourth-order valence-electron chi connectivity index (χ4n) is 4.93. The molecule has 1 aliphatic heterocycles. The number of anilines is 2. The van der Waals surface area contributed by atoms with E-state index in [1.165, 1.54) is 7.11 Å². The van der Waals surface area contributed by atoms with Crippen molar-refractivity contribution in [1.29, 1.82) is 0 Å². The highest BCUT2D eigenvalue weighted by Gasteiger charge is 2.20. The van der Waals surface area contributed by atoms with Crippen LogP contribution in [0.15, 0.2) is 30.6 Å². The summed E-state index contributed by atoms with van der Waals surface area (Å²) in [5, 5.41) is 3.09. The Morgan fingerprint density at radius 1 is 1.03 bits per heavy atom. The summed E-state index contributed by atoms with van der Waals surface area (Å²) in [5.41, 5.74) is 2.99. The number of pyridine rings is 2. The molecule has 11 heteroatoms. The number of methoxy groups -OCH3 is 1. The second kappa shape index (κ2) is 11.0. The van der Waals surface area contributed by atoms with Gasteiger partial charge in [-0.05, 0) is 45.0 Å². The van der Waals surface area contributed by atoms with Gasteiger partial charge in [-0.15, -0.1) is 0 Å². The summed E-state index contributed by atoms with van der Waals surface area (Å²) in [6.45, 7) is 14.5. The molecule has 0 radical (unpaired) electrons. The van der Waals surface area contributed by atoms with Crippen LogP contribution in [0.2, 0.25) is 0 Å². The van der Waals surface area contributed by atoms with Crippen LogP contribution in [0.4, 0.5) is 16.2 Å². The zero-order valence-corrected chi connectivity index (χ0v) is 22.6. The molecule has 10 nitrogen and oxygen atoms in total. The van der Waals surface area contributed by atoms with Crippen molar-refractivity contribution in [3.05, 3.63) is 47.8 Å². The predicted molar refractivity (Wildman–Crippen MR) is 145 cm³/mol. The molecule has 1 N–H and O–H groups in total. The normalized spacial score (nSPS) is 14.9.